The second-order valence-corrected chi connectivity index (χ2v) is 7.60. The molecule has 0 aromatic rings. The van der Waals surface area contributed by atoms with E-state index >= 15 is 0 Å². The van der Waals surface area contributed by atoms with Crippen LogP contribution in [0, 0.1) is 5.41 Å². The predicted octanol–water partition coefficient (Wildman–Crippen LogP) is -0.344. The van der Waals surface area contributed by atoms with Crippen molar-refractivity contribution < 1.29 is 13.2 Å². The summed E-state index contributed by atoms with van der Waals surface area (Å²) in [5.41, 5.74) is 5.39. The van der Waals surface area contributed by atoms with Gasteiger partial charge in [0.25, 0.3) is 0 Å². The van der Waals surface area contributed by atoms with Gasteiger partial charge < -0.3 is 10.6 Å². The molecule has 7 heteroatoms. The lowest BCUT2D eigenvalue weighted by Crippen LogP contribution is -2.57. The maximum atomic E-state index is 12.5. The van der Waals surface area contributed by atoms with Crippen LogP contribution >= 0.6 is 0 Å². The molecular weight excluding hydrogens is 266 g/mol. The molecule has 1 aliphatic carbocycles. The standard InChI is InChI=1S/C12H23N3O3S/c1-19(17,18)14-10-4-2-7-15(8-10)11(16)12(9-13)5-3-6-12/h10,14H,2-9,13H2,1H3. The zero-order valence-corrected chi connectivity index (χ0v) is 12.2. The van der Waals surface area contributed by atoms with Crippen molar-refractivity contribution in [2.75, 3.05) is 25.9 Å². The Bertz CT molecular complexity index is 440. The molecule has 19 heavy (non-hydrogen) atoms. The highest BCUT2D eigenvalue weighted by Gasteiger charge is 2.45. The van der Waals surface area contributed by atoms with E-state index in [1.54, 1.807) is 4.90 Å². The van der Waals surface area contributed by atoms with Crippen molar-refractivity contribution >= 4 is 15.9 Å². The van der Waals surface area contributed by atoms with Gasteiger partial charge in [-0.25, -0.2) is 13.1 Å². The second kappa shape index (κ2) is 5.38. The van der Waals surface area contributed by atoms with E-state index in [2.05, 4.69) is 4.72 Å². The molecule has 0 bridgehead atoms. The van der Waals surface area contributed by atoms with Crippen molar-refractivity contribution in [3.8, 4) is 0 Å². The topological polar surface area (TPSA) is 92.5 Å². The minimum absolute atomic E-state index is 0.112. The monoisotopic (exact) mass is 289 g/mol. The van der Waals surface area contributed by atoms with Crippen LogP contribution in [0.15, 0.2) is 0 Å². The lowest BCUT2D eigenvalue weighted by Gasteiger charge is -2.44. The first kappa shape index (κ1) is 14.7. The Labute approximate surface area is 114 Å². The van der Waals surface area contributed by atoms with Crippen molar-refractivity contribution in [3.63, 3.8) is 0 Å². The van der Waals surface area contributed by atoms with Crippen LogP contribution in [0.25, 0.3) is 0 Å². The smallest absolute Gasteiger partial charge is 0.230 e. The number of piperidine rings is 1. The first-order valence-electron chi connectivity index (χ1n) is 6.83. The van der Waals surface area contributed by atoms with Gasteiger partial charge in [0.1, 0.15) is 0 Å². The molecule has 0 spiro atoms. The summed E-state index contributed by atoms with van der Waals surface area (Å²) < 4.78 is 25.1. The van der Waals surface area contributed by atoms with E-state index in [4.69, 9.17) is 5.73 Å². The number of sulfonamides is 1. The van der Waals surface area contributed by atoms with Gasteiger partial charge >= 0.3 is 0 Å². The van der Waals surface area contributed by atoms with E-state index in [0.717, 1.165) is 38.4 Å². The fourth-order valence-corrected chi connectivity index (χ4v) is 3.80. The molecule has 110 valence electrons. The SMILES string of the molecule is CS(=O)(=O)NC1CCCN(C(=O)C2(CN)CCC2)C1. The van der Waals surface area contributed by atoms with Crippen LogP contribution in [-0.4, -0.2) is 51.2 Å². The largest absolute Gasteiger partial charge is 0.341 e. The summed E-state index contributed by atoms with van der Waals surface area (Å²) in [5.74, 6) is 0.112. The van der Waals surface area contributed by atoms with Crippen LogP contribution in [0.1, 0.15) is 32.1 Å². The van der Waals surface area contributed by atoms with E-state index in [1.807, 2.05) is 0 Å². The van der Waals surface area contributed by atoms with Gasteiger partial charge in [-0.3, -0.25) is 4.79 Å². The number of nitrogens with one attached hydrogen (secondary N) is 1. The third-order valence-corrected chi connectivity index (χ3v) is 5.01. The lowest BCUT2D eigenvalue weighted by atomic mass is 9.67. The Balaban J connectivity index is 1.99. The fourth-order valence-electron chi connectivity index (χ4n) is 3.00. The number of carbonyl (C=O) groups excluding carboxylic acids is 1. The third kappa shape index (κ3) is 3.27. The molecule has 2 aliphatic rings. The molecule has 1 amide bonds. The Morgan fingerprint density at radius 1 is 1.42 bits per heavy atom. The number of hydrogen-bond donors (Lipinski definition) is 2. The average Bonchev–Trinajstić information content (AvgIpc) is 2.26. The van der Waals surface area contributed by atoms with E-state index in [0.29, 0.717) is 19.6 Å². The van der Waals surface area contributed by atoms with Crippen molar-refractivity contribution in [1.29, 1.82) is 0 Å². The van der Waals surface area contributed by atoms with E-state index in [-0.39, 0.29) is 17.4 Å². The zero-order chi connectivity index (χ0) is 14.1. The highest BCUT2D eigenvalue weighted by molar-refractivity contribution is 7.88. The second-order valence-electron chi connectivity index (χ2n) is 5.82. The molecule has 0 aromatic carbocycles. The quantitative estimate of drug-likeness (QED) is 0.740. The van der Waals surface area contributed by atoms with Crippen LogP contribution in [0.3, 0.4) is 0 Å². The maximum Gasteiger partial charge on any atom is 0.230 e. The third-order valence-electron chi connectivity index (χ3n) is 4.24. The molecule has 2 rings (SSSR count). The minimum Gasteiger partial charge on any atom is -0.341 e. The summed E-state index contributed by atoms with van der Waals surface area (Å²) in [6.45, 7) is 1.57. The van der Waals surface area contributed by atoms with E-state index < -0.39 is 10.0 Å². The normalized spacial score (nSPS) is 26.8. The molecule has 1 atom stereocenters. The van der Waals surface area contributed by atoms with Crippen LogP contribution < -0.4 is 10.5 Å². The number of nitrogens with zero attached hydrogens (tertiary/aromatic N) is 1. The highest BCUT2D eigenvalue weighted by atomic mass is 32.2. The van der Waals surface area contributed by atoms with E-state index in [9.17, 15) is 13.2 Å². The molecule has 1 unspecified atom stereocenters. The van der Waals surface area contributed by atoms with Gasteiger partial charge in [-0.1, -0.05) is 6.42 Å². The van der Waals surface area contributed by atoms with Crippen molar-refractivity contribution in [3.05, 3.63) is 0 Å². The summed E-state index contributed by atoms with van der Waals surface area (Å²) in [4.78, 5) is 14.3. The van der Waals surface area contributed by atoms with Gasteiger partial charge in [0.05, 0.1) is 11.7 Å². The lowest BCUT2D eigenvalue weighted by molar-refractivity contribution is -0.148. The molecular formula is C12H23N3O3S. The summed E-state index contributed by atoms with van der Waals surface area (Å²) in [5, 5.41) is 0. The van der Waals surface area contributed by atoms with Gasteiger partial charge in [0.2, 0.25) is 15.9 Å². The van der Waals surface area contributed by atoms with Gasteiger partial charge in [-0.15, -0.1) is 0 Å². The molecule has 6 nitrogen and oxygen atoms in total. The average molecular weight is 289 g/mol. The summed E-state index contributed by atoms with van der Waals surface area (Å²) in [6, 6.07) is -0.164. The Morgan fingerprint density at radius 3 is 2.58 bits per heavy atom. The van der Waals surface area contributed by atoms with Gasteiger partial charge in [0.15, 0.2) is 0 Å². The van der Waals surface area contributed by atoms with Crippen LogP contribution in [0.4, 0.5) is 0 Å². The molecule has 1 saturated heterocycles. The zero-order valence-electron chi connectivity index (χ0n) is 11.4. The molecule has 1 saturated carbocycles. The van der Waals surface area contributed by atoms with Gasteiger partial charge in [-0.05, 0) is 25.7 Å². The van der Waals surface area contributed by atoms with E-state index in [1.165, 1.54) is 0 Å². The van der Waals surface area contributed by atoms with Crippen LogP contribution in [0.5, 0.6) is 0 Å². The number of carbonyl (C=O) groups is 1. The Kier molecular flexibility index (Phi) is 4.17. The summed E-state index contributed by atoms with van der Waals surface area (Å²) in [7, 11) is -3.22. The van der Waals surface area contributed by atoms with Gasteiger partial charge in [-0.2, -0.15) is 0 Å². The summed E-state index contributed by atoms with van der Waals surface area (Å²) >= 11 is 0. The Morgan fingerprint density at radius 2 is 2.11 bits per heavy atom. The fraction of sp³-hybridized carbons (Fsp3) is 0.917. The van der Waals surface area contributed by atoms with Crippen molar-refractivity contribution in [1.82, 2.24) is 9.62 Å². The van der Waals surface area contributed by atoms with Crippen LogP contribution in [-0.2, 0) is 14.8 Å². The number of hydrogen-bond acceptors (Lipinski definition) is 4. The number of likely N-dealkylation sites (tertiary alicyclic amines) is 1. The molecule has 2 fully saturated rings. The number of rotatable bonds is 4. The van der Waals surface area contributed by atoms with Crippen molar-refractivity contribution in [2.45, 2.75) is 38.1 Å². The highest BCUT2D eigenvalue weighted by Crippen LogP contribution is 2.41. The minimum atomic E-state index is -3.22. The molecule has 1 aliphatic heterocycles. The predicted molar refractivity (Wildman–Crippen MR) is 72.9 cm³/mol. The molecule has 0 aromatic heterocycles. The number of amides is 1. The van der Waals surface area contributed by atoms with Crippen molar-refractivity contribution in [2.24, 2.45) is 11.1 Å². The van der Waals surface area contributed by atoms with Gasteiger partial charge in [0, 0.05) is 25.7 Å². The number of nitrogens with two attached hydrogens (primary N) is 1. The summed E-state index contributed by atoms with van der Waals surface area (Å²) in [6.07, 6.45) is 5.56. The molecule has 0 radical (unpaired) electrons. The first-order valence-corrected chi connectivity index (χ1v) is 8.72. The maximum absolute atomic E-state index is 12.5. The first-order chi connectivity index (χ1) is 8.86. The molecule has 3 N–H and O–H groups in total. The molecule has 1 heterocycles. The Hall–Kier alpha value is -0.660. The van der Waals surface area contributed by atoms with Crippen LogP contribution in [0.2, 0.25) is 0 Å².